The van der Waals surface area contributed by atoms with E-state index in [0.29, 0.717) is 22.2 Å². The van der Waals surface area contributed by atoms with Crippen molar-refractivity contribution in [2.75, 3.05) is 0 Å². The van der Waals surface area contributed by atoms with E-state index >= 15 is 0 Å². The summed E-state index contributed by atoms with van der Waals surface area (Å²) in [5.41, 5.74) is 2.04. The van der Waals surface area contributed by atoms with Crippen molar-refractivity contribution in [1.82, 2.24) is 4.98 Å². The second-order valence-electron chi connectivity index (χ2n) is 4.90. The van der Waals surface area contributed by atoms with Crippen LogP contribution in [-0.2, 0) is 12.1 Å². The van der Waals surface area contributed by atoms with E-state index in [9.17, 15) is 13.2 Å². The summed E-state index contributed by atoms with van der Waals surface area (Å²) >= 11 is 5.92. The summed E-state index contributed by atoms with van der Waals surface area (Å²) in [7, 11) is 0. The number of pyridine rings is 1. The molecular formula is C17H11ClF3N. The quantitative estimate of drug-likeness (QED) is 0.555. The van der Waals surface area contributed by atoms with Crippen LogP contribution < -0.4 is 0 Å². The normalized spacial score (nSPS) is 11.8. The first-order valence-corrected chi connectivity index (χ1v) is 7.15. The van der Waals surface area contributed by atoms with Gasteiger partial charge in [-0.3, -0.25) is 0 Å². The number of aromatic nitrogens is 1. The number of fused-ring (bicyclic) bond motifs is 1. The summed E-state index contributed by atoms with van der Waals surface area (Å²) in [5.74, 6) is 0.125. The van der Waals surface area contributed by atoms with Crippen LogP contribution in [0.2, 0.25) is 0 Å². The average molecular weight is 322 g/mol. The van der Waals surface area contributed by atoms with Crippen LogP contribution in [0.15, 0.2) is 54.6 Å². The molecule has 0 aliphatic carbocycles. The minimum absolute atomic E-state index is 0.125. The Bertz CT molecular complexity index is 813. The van der Waals surface area contributed by atoms with Gasteiger partial charge in [-0.15, -0.1) is 11.6 Å². The third-order valence-corrected chi connectivity index (χ3v) is 3.72. The third kappa shape index (κ3) is 2.79. The zero-order valence-electron chi connectivity index (χ0n) is 11.4. The Hall–Kier alpha value is -2.07. The minimum atomic E-state index is -4.38. The lowest BCUT2D eigenvalue weighted by atomic mass is 10.0. The smallest absolute Gasteiger partial charge is 0.248 e. The molecule has 0 aliphatic rings. The first-order valence-electron chi connectivity index (χ1n) is 6.61. The van der Waals surface area contributed by atoms with Gasteiger partial charge >= 0.3 is 6.18 Å². The molecule has 0 unspecified atom stereocenters. The van der Waals surface area contributed by atoms with E-state index in [4.69, 9.17) is 11.6 Å². The summed E-state index contributed by atoms with van der Waals surface area (Å²) in [4.78, 5) is 4.45. The number of nitrogens with zero attached hydrogens (tertiary/aromatic N) is 1. The maximum atomic E-state index is 12.8. The predicted octanol–water partition coefficient (Wildman–Crippen LogP) is 5.66. The van der Waals surface area contributed by atoms with E-state index in [1.165, 1.54) is 6.07 Å². The van der Waals surface area contributed by atoms with Crippen molar-refractivity contribution in [3.05, 3.63) is 65.7 Å². The van der Waals surface area contributed by atoms with Gasteiger partial charge in [-0.05, 0) is 29.8 Å². The van der Waals surface area contributed by atoms with Crippen LogP contribution >= 0.6 is 11.6 Å². The van der Waals surface area contributed by atoms with Gasteiger partial charge in [0.25, 0.3) is 0 Å². The highest BCUT2D eigenvalue weighted by Gasteiger charge is 2.30. The summed E-state index contributed by atoms with van der Waals surface area (Å²) < 4.78 is 38.5. The predicted molar refractivity (Wildman–Crippen MR) is 81.7 cm³/mol. The number of rotatable bonds is 2. The number of benzene rings is 2. The van der Waals surface area contributed by atoms with Gasteiger partial charge < -0.3 is 0 Å². The number of hydrogen-bond acceptors (Lipinski definition) is 1. The maximum absolute atomic E-state index is 12.8. The zero-order valence-corrected chi connectivity index (χ0v) is 12.1. The highest BCUT2D eigenvalue weighted by atomic mass is 35.5. The molecule has 22 heavy (non-hydrogen) atoms. The molecule has 0 saturated heterocycles. The molecule has 0 aliphatic heterocycles. The Morgan fingerprint density at radius 3 is 2.32 bits per heavy atom. The van der Waals surface area contributed by atoms with Crippen molar-refractivity contribution < 1.29 is 13.2 Å². The number of alkyl halides is 4. The van der Waals surface area contributed by atoms with Gasteiger partial charge in [-0.1, -0.05) is 30.3 Å². The highest BCUT2D eigenvalue weighted by Crippen LogP contribution is 2.33. The average Bonchev–Trinajstić information content (AvgIpc) is 2.53. The van der Waals surface area contributed by atoms with E-state index in [0.717, 1.165) is 17.7 Å². The van der Waals surface area contributed by atoms with Crippen LogP contribution in [0.25, 0.3) is 22.2 Å². The molecule has 1 aromatic heterocycles. The fraction of sp³-hybridized carbons (Fsp3) is 0.118. The summed E-state index contributed by atoms with van der Waals surface area (Å²) in [6.07, 6.45) is -4.38. The Kier molecular flexibility index (Phi) is 3.79. The molecular weight excluding hydrogens is 311 g/mol. The Morgan fingerprint density at radius 1 is 0.955 bits per heavy atom. The molecule has 112 valence electrons. The van der Waals surface area contributed by atoms with Crippen molar-refractivity contribution in [1.29, 1.82) is 0 Å². The number of hydrogen-bond donors (Lipinski definition) is 0. The molecule has 2 aromatic carbocycles. The second kappa shape index (κ2) is 5.61. The van der Waals surface area contributed by atoms with Crippen LogP contribution in [0.3, 0.4) is 0 Å². The molecule has 0 saturated carbocycles. The molecule has 0 N–H and O–H groups in total. The van der Waals surface area contributed by atoms with Crippen LogP contribution in [0, 0.1) is 0 Å². The van der Waals surface area contributed by atoms with Crippen molar-refractivity contribution >= 4 is 22.5 Å². The molecule has 0 atom stereocenters. The van der Waals surface area contributed by atoms with E-state index in [-0.39, 0.29) is 5.88 Å². The topological polar surface area (TPSA) is 12.9 Å². The van der Waals surface area contributed by atoms with Gasteiger partial charge in [0.2, 0.25) is 0 Å². The minimum Gasteiger partial charge on any atom is -0.248 e. The molecule has 3 aromatic rings. The summed E-state index contributed by atoms with van der Waals surface area (Å²) in [6, 6.07) is 14.7. The molecule has 5 heteroatoms. The van der Waals surface area contributed by atoms with E-state index < -0.39 is 11.7 Å². The van der Waals surface area contributed by atoms with Crippen LogP contribution in [0.1, 0.15) is 11.1 Å². The Balaban J connectivity index is 2.22. The van der Waals surface area contributed by atoms with Gasteiger partial charge in [0.15, 0.2) is 0 Å². The van der Waals surface area contributed by atoms with Gasteiger partial charge in [0, 0.05) is 16.8 Å². The molecule has 0 bridgehead atoms. The van der Waals surface area contributed by atoms with Crippen molar-refractivity contribution in [3.63, 3.8) is 0 Å². The first-order chi connectivity index (χ1) is 10.5. The van der Waals surface area contributed by atoms with Crippen LogP contribution in [-0.4, -0.2) is 4.98 Å². The molecule has 0 amide bonds. The molecule has 3 rings (SSSR count). The molecule has 1 heterocycles. The Labute approximate surface area is 130 Å². The van der Waals surface area contributed by atoms with Gasteiger partial charge in [0.05, 0.1) is 16.8 Å². The number of halogens is 4. The molecule has 0 spiro atoms. The second-order valence-corrected chi connectivity index (χ2v) is 5.16. The zero-order chi connectivity index (χ0) is 15.7. The fourth-order valence-electron chi connectivity index (χ4n) is 2.34. The van der Waals surface area contributed by atoms with Crippen LogP contribution in [0.4, 0.5) is 13.2 Å². The van der Waals surface area contributed by atoms with Gasteiger partial charge in [0.1, 0.15) is 0 Å². The highest BCUT2D eigenvalue weighted by molar-refractivity contribution is 6.18. The largest absolute Gasteiger partial charge is 0.416 e. The van der Waals surface area contributed by atoms with Crippen molar-refractivity contribution in [3.8, 4) is 11.3 Å². The SMILES string of the molecule is FC(F)(F)c1ccc2nc(-c3ccccc3)cc(CCl)c2c1. The maximum Gasteiger partial charge on any atom is 0.416 e. The standard InChI is InChI=1S/C17H11ClF3N/c18-10-12-8-16(11-4-2-1-3-5-11)22-15-7-6-13(9-14(12)15)17(19,20)21/h1-9H,10H2. The van der Waals surface area contributed by atoms with Gasteiger partial charge in [-0.2, -0.15) is 13.2 Å². The van der Waals surface area contributed by atoms with E-state index in [2.05, 4.69) is 4.98 Å². The lowest BCUT2D eigenvalue weighted by molar-refractivity contribution is -0.137. The lowest BCUT2D eigenvalue weighted by Gasteiger charge is -2.11. The van der Waals surface area contributed by atoms with Gasteiger partial charge in [-0.25, -0.2) is 4.98 Å². The van der Waals surface area contributed by atoms with Crippen LogP contribution in [0.5, 0.6) is 0 Å². The lowest BCUT2D eigenvalue weighted by Crippen LogP contribution is -2.05. The van der Waals surface area contributed by atoms with E-state index in [1.54, 1.807) is 6.07 Å². The molecule has 0 radical (unpaired) electrons. The first kappa shape index (κ1) is 14.9. The fourth-order valence-corrected chi connectivity index (χ4v) is 2.56. The monoisotopic (exact) mass is 321 g/mol. The van der Waals surface area contributed by atoms with Crippen molar-refractivity contribution in [2.45, 2.75) is 12.1 Å². The van der Waals surface area contributed by atoms with Crippen molar-refractivity contribution in [2.24, 2.45) is 0 Å². The molecule has 0 fully saturated rings. The molecule has 1 nitrogen and oxygen atoms in total. The Morgan fingerprint density at radius 2 is 1.68 bits per heavy atom. The third-order valence-electron chi connectivity index (χ3n) is 3.44. The van der Waals surface area contributed by atoms with E-state index in [1.807, 2.05) is 30.3 Å². The summed E-state index contributed by atoms with van der Waals surface area (Å²) in [6.45, 7) is 0. The summed E-state index contributed by atoms with van der Waals surface area (Å²) in [5, 5.41) is 0.435.